The average molecular weight is 614 g/mol. The number of hydrogen-bond acceptors (Lipinski definition) is 8. The summed E-state index contributed by atoms with van der Waals surface area (Å²) in [5.41, 5.74) is 4.72. The Kier molecular flexibility index (Phi) is 7.78. The lowest BCUT2D eigenvalue weighted by molar-refractivity contribution is -0.132. The van der Waals surface area contributed by atoms with E-state index in [0.29, 0.717) is 49.4 Å². The first kappa shape index (κ1) is 28.1. The number of aryl methyl sites for hydroxylation is 2. The highest BCUT2D eigenvalue weighted by Crippen LogP contribution is 2.33. The molecule has 1 saturated heterocycles. The van der Waals surface area contributed by atoms with Gasteiger partial charge in [0, 0.05) is 51.1 Å². The second-order valence-electron chi connectivity index (χ2n) is 11.3. The molecule has 2 aromatic carbocycles. The van der Waals surface area contributed by atoms with Gasteiger partial charge in [-0.2, -0.15) is 4.98 Å². The van der Waals surface area contributed by atoms with E-state index < -0.39 is 0 Å². The summed E-state index contributed by atoms with van der Waals surface area (Å²) in [6, 6.07) is 13.4. The third-order valence-corrected chi connectivity index (χ3v) is 8.59. The fourth-order valence-corrected chi connectivity index (χ4v) is 6.32. The summed E-state index contributed by atoms with van der Waals surface area (Å²) in [6.07, 6.45) is 8.79. The van der Waals surface area contributed by atoms with Gasteiger partial charge in [-0.25, -0.2) is 9.97 Å². The third kappa shape index (κ3) is 6.05. The number of amides is 2. The van der Waals surface area contributed by atoms with E-state index >= 15 is 0 Å². The maximum absolute atomic E-state index is 13.5. The van der Waals surface area contributed by atoms with E-state index in [4.69, 9.17) is 26.1 Å². The van der Waals surface area contributed by atoms with Crippen LogP contribution in [0, 0.1) is 0 Å². The Labute approximate surface area is 259 Å². The van der Waals surface area contributed by atoms with E-state index in [1.165, 1.54) is 17.5 Å². The van der Waals surface area contributed by atoms with Crippen LogP contribution in [0.2, 0.25) is 5.15 Å². The molecule has 1 aliphatic carbocycles. The Hall–Kier alpha value is -4.64. The van der Waals surface area contributed by atoms with Crippen molar-refractivity contribution in [3.63, 3.8) is 0 Å². The van der Waals surface area contributed by atoms with Gasteiger partial charge in [-0.15, -0.1) is 0 Å². The molecule has 4 aromatic rings. The van der Waals surface area contributed by atoms with Crippen LogP contribution >= 0.6 is 11.6 Å². The van der Waals surface area contributed by atoms with Crippen LogP contribution in [0.25, 0.3) is 5.95 Å². The molecule has 2 aromatic heterocycles. The fraction of sp³-hybridized carbons (Fsp3) is 0.344. The Morgan fingerprint density at radius 2 is 1.84 bits per heavy atom. The number of hydrogen-bond donors (Lipinski definition) is 1. The summed E-state index contributed by atoms with van der Waals surface area (Å²) in [6.45, 7) is 1.94. The topological polar surface area (TPSA) is 115 Å². The van der Waals surface area contributed by atoms with Crippen molar-refractivity contribution in [1.29, 1.82) is 0 Å². The minimum Gasteiger partial charge on any atom is -0.454 e. The minimum absolute atomic E-state index is 0.0214. The van der Waals surface area contributed by atoms with Crippen molar-refractivity contribution in [2.45, 2.75) is 44.7 Å². The second-order valence-corrected chi connectivity index (χ2v) is 11.7. The highest BCUT2D eigenvalue weighted by Gasteiger charge is 2.33. The van der Waals surface area contributed by atoms with Gasteiger partial charge in [-0.3, -0.25) is 14.2 Å². The molecule has 1 atom stereocenters. The lowest BCUT2D eigenvalue weighted by Crippen LogP contribution is -2.56. The van der Waals surface area contributed by atoms with Crippen molar-refractivity contribution in [2.24, 2.45) is 0 Å². The predicted octanol–water partition coefficient (Wildman–Crippen LogP) is 3.50. The summed E-state index contributed by atoms with van der Waals surface area (Å²) >= 11 is 6.43. The largest absolute Gasteiger partial charge is 0.454 e. The quantitative estimate of drug-likeness (QED) is 0.300. The SMILES string of the molecule is O=C(CC1CN(C(=O)Cc2ccc3c(c2)OCO3)CCN1c1cc(Cl)nc(-n2ccnc2)n1)NCc1ccc2c(c1)CCC2. The van der Waals surface area contributed by atoms with Crippen molar-refractivity contribution in [3.8, 4) is 17.4 Å². The van der Waals surface area contributed by atoms with E-state index in [9.17, 15) is 9.59 Å². The van der Waals surface area contributed by atoms with Crippen LogP contribution < -0.4 is 19.7 Å². The third-order valence-electron chi connectivity index (χ3n) is 8.40. The van der Waals surface area contributed by atoms with E-state index in [1.807, 2.05) is 28.0 Å². The molecule has 4 heterocycles. The molecule has 12 heteroatoms. The highest BCUT2D eigenvalue weighted by molar-refractivity contribution is 6.29. The first-order valence-electron chi connectivity index (χ1n) is 14.8. The number of benzene rings is 2. The van der Waals surface area contributed by atoms with Crippen molar-refractivity contribution in [3.05, 3.63) is 88.6 Å². The lowest BCUT2D eigenvalue weighted by atomic mass is 10.0. The first-order chi connectivity index (χ1) is 21.5. The Morgan fingerprint density at radius 3 is 2.73 bits per heavy atom. The van der Waals surface area contributed by atoms with Crippen LogP contribution in [-0.4, -0.2) is 68.7 Å². The molecule has 3 aliphatic rings. The van der Waals surface area contributed by atoms with Crippen molar-refractivity contribution in [1.82, 2.24) is 29.7 Å². The number of carbonyl (C=O) groups is 2. The summed E-state index contributed by atoms with van der Waals surface area (Å²) in [5, 5.41) is 3.37. The number of imidazole rings is 1. The summed E-state index contributed by atoms with van der Waals surface area (Å²) in [4.78, 5) is 43.9. The number of nitrogens with one attached hydrogen (secondary N) is 1. The van der Waals surface area contributed by atoms with Crippen LogP contribution in [0.1, 0.15) is 35.1 Å². The Morgan fingerprint density at radius 1 is 0.977 bits per heavy atom. The van der Waals surface area contributed by atoms with Crippen LogP contribution in [0.3, 0.4) is 0 Å². The smallest absolute Gasteiger partial charge is 0.238 e. The zero-order valence-corrected chi connectivity index (χ0v) is 24.9. The molecule has 1 N–H and O–H groups in total. The number of halogens is 1. The van der Waals surface area contributed by atoms with Gasteiger partial charge in [0.15, 0.2) is 11.5 Å². The molecule has 0 bridgehead atoms. The Bertz CT molecular complexity index is 1700. The average Bonchev–Trinajstić information content (AvgIpc) is 3.81. The molecule has 2 aliphatic heterocycles. The number of carbonyl (C=O) groups excluding carboxylic acids is 2. The van der Waals surface area contributed by atoms with Gasteiger partial charge < -0.3 is 24.6 Å². The van der Waals surface area contributed by atoms with E-state index in [1.54, 1.807) is 29.4 Å². The summed E-state index contributed by atoms with van der Waals surface area (Å²) in [7, 11) is 0. The number of rotatable bonds is 8. The second kappa shape index (κ2) is 12.2. The van der Waals surface area contributed by atoms with Crippen molar-refractivity contribution >= 4 is 29.2 Å². The van der Waals surface area contributed by atoms with E-state index in [-0.39, 0.29) is 42.6 Å². The van der Waals surface area contributed by atoms with Gasteiger partial charge in [0.2, 0.25) is 24.6 Å². The minimum atomic E-state index is -0.328. The van der Waals surface area contributed by atoms with Crippen LogP contribution in [0.5, 0.6) is 11.5 Å². The Balaban J connectivity index is 1.08. The molecular formula is C32H32ClN7O4. The number of nitrogens with zero attached hydrogens (tertiary/aromatic N) is 6. The lowest BCUT2D eigenvalue weighted by Gasteiger charge is -2.42. The number of aromatic nitrogens is 4. The predicted molar refractivity (Wildman–Crippen MR) is 163 cm³/mol. The normalized spacial score (nSPS) is 17.1. The molecule has 11 nitrogen and oxygen atoms in total. The molecule has 44 heavy (non-hydrogen) atoms. The molecule has 0 radical (unpaired) electrons. The molecule has 0 saturated carbocycles. The van der Waals surface area contributed by atoms with Gasteiger partial charge in [0.25, 0.3) is 0 Å². The van der Waals surface area contributed by atoms with Crippen LogP contribution in [-0.2, 0) is 35.4 Å². The molecule has 1 fully saturated rings. The molecule has 226 valence electrons. The summed E-state index contributed by atoms with van der Waals surface area (Å²) < 4.78 is 12.6. The van der Waals surface area contributed by atoms with Gasteiger partial charge in [-0.05, 0) is 53.6 Å². The first-order valence-corrected chi connectivity index (χ1v) is 15.2. The standard InChI is InChI=1S/C32H32ClN7O4/c33-28-16-29(37-32(36-28)39-9-8-34-19-39)40-11-10-38(31(42)14-21-5-7-26-27(13-21)44-20-43-26)18-25(40)15-30(41)35-17-22-4-6-23-2-1-3-24(23)12-22/h4-9,12-13,16,19,25H,1-3,10-11,14-15,17-18,20H2,(H,35,41). The maximum atomic E-state index is 13.5. The van der Waals surface area contributed by atoms with Crippen molar-refractivity contribution in [2.75, 3.05) is 31.3 Å². The zero-order valence-electron chi connectivity index (χ0n) is 24.1. The van der Waals surface area contributed by atoms with E-state index in [2.05, 4.69) is 33.5 Å². The van der Waals surface area contributed by atoms with Gasteiger partial charge in [0.1, 0.15) is 17.3 Å². The fourth-order valence-electron chi connectivity index (χ4n) is 6.15. The van der Waals surface area contributed by atoms with Crippen molar-refractivity contribution < 1.29 is 19.1 Å². The number of fused-ring (bicyclic) bond motifs is 2. The number of anilines is 1. The summed E-state index contributed by atoms with van der Waals surface area (Å²) in [5.74, 6) is 2.18. The molecular weight excluding hydrogens is 582 g/mol. The van der Waals surface area contributed by atoms with Gasteiger partial charge in [0.05, 0.1) is 12.5 Å². The monoisotopic (exact) mass is 613 g/mol. The van der Waals surface area contributed by atoms with Crippen LogP contribution in [0.4, 0.5) is 5.82 Å². The van der Waals surface area contributed by atoms with E-state index in [0.717, 1.165) is 24.0 Å². The van der Waals surface area contributed by atoms with Gasteiger partial charge >= 0.3 is 0 Å². The molecule has 1 unspecified atom stereocenters. The zero-order chi connectivity index (χ0) is 30.0. The highest BCUT2D eigenvalue weighted by atomic mass is 35.5. The number of ether oxygens (including phenoxy) is 2. The maximum Gasteiger partial charge on any atom is 0.238 e. The molecule has 0 spiro atoms. The van der Waals surface area contributed by atoms with Gasteiger partial charge in [-0.1, -0.05) is 35.9 Å². The molecule has 7 rings (SSSR count). The number of piperazine rings is 1. The van der Waals surface area contributed by atoms with Crippen LogP contribution in [0.15, 0.2) is 61.2 Å². The molecule has 2 amide bonds.